The zero-order valence-electron chi connectivity index (χ0n) is 19.6. The number of carbonyl (C=O) groups excluding carboxylic acids is 1. The molecular weight excluding hydrogens is 400 g/mol. The normalized spacial score (nSPS) is 15.0. The third-order valence-corrected chi connectivity index (χ3v) is 5.85. The Bertz CT molecular complexity index is 895. The van der Waals surface area contributed by atoms with Crippen LogP contribution in [0.3, 0.4) is 0 Å². The van der Waals surface area contributed by atoms with E-state index >= 15 is 0 Å². The Morgan fingerprint density at radius 3 is 2.62 bits per heavy atom. The van der Waals surface area contributed by atoms with E-state index in [0.717, 1.165) is 49.7 Å². The van der Waals surface area contributed by atoms with Gasteiger partial charge in [-0.1, -0.05) is 43.3 Å². The quantitative estimate of drug-likeness (QED) is 0.435. The summed E-state index contributed by atoms with van der Waals surface area (Å²) in [5.74, 6) is 2.42. The zero-order chi connectivity index (χ0) is 22.8. The molecule has 0 aromatic heterocycles. The maximum atomic E-state index is 11.9. The van der Waals surface area contributed by atoms with E-state index in [1.165, 1.54) is 11.1 Å². The van der Waals surface area contributed by atoms with Crippen molar-refractivity contribution in [1.82, 2.24) is 15.5 Å². The molecule has 1 unspecified atom stereocenters. The summed E-state index contributed by atoms with van der Waals surface area (Å²) in [6.45, 7) is 8.13. The minimum atomic E-state index is 0.260. The van der Waals surface area contributed by atoms with Crippen LogP contribution in [0.4, 0.5) is 0 Å². The van der Waals surface area contributed by atoms with Crippen LogP contribution < -0.4 is 15.4 Å². The Morgan fingerprint density at radius 1 is 1.16 bits per heavy atom. The van der Waals surface area contributed by atoms with Crippen molar-refractivity contribution < 1.29 is 9.53 Å². The van der Waals surface area contributed by atoms with Gasteiger partial charge in [0.05, 0.1) is 13.7 Å². The number of hydrogen-bond acceptors (Lipinski definition) is 3. The lowest BCUT2D eigenvalue weighted by Crippen LogP contribution is -2.38. The van der Waals surface area contributed by atoms with Crippen molar-refractivity contribution in [2.45, 2.75) is 52.1 Å². The first-order chi connectivity index (χ1) is 15.6. The number of nitrogens with one attached hydrogen (secondary N) is 2. The molecule has 6 nitrogen and oxygen atoms in total. The number of likely N-dealkylation sites (tertiary alicyclic amines) is 1. The Kier molecular flexibility index (Phi) is 8.96. The highest BCUT2D eigenvalue weighted by Gasteiger charge is 2.19. The number of ether oxygens (including phenoxy) is 1. The molecule has 1 amide bonds. The van der Waals surface area contributed by atoms with Crippen molar-refractivity contribution in [3.63, 3.8) is 0 Å². The molecule has 32 heavy (non-hydrogen) atoms. The number of aliphatic imine (C=N–C) groups is 1. The standard InChI is InChI=1S/C26H36N4O2/c1-4-27-26(28-15-14-20(2)23-10-12-24(32-3)13-11-23)29-18-21-7-5-8-22(17-21)19-30-16-6-9-25(30)31/h5,7-8,10-13,17,20H,4,6,9,14-16,18-19H2,1-3H3,(H2,27,28,29). The molecule has 0 aliphatic carbocycles. The highest BCUT2D eigenvalue weighted by molar-refractivity contribution is 5.79. The lowest BCUT2D eigenvalue weighted by molar-refractivity contribution is -0.128. The Hall–Kier alpha value is -3.02. The highest BCUT2D eigenvalue weighted by Crippen LogP contribution is 2.21. The van der Waals surface area contributed by atoms with Gasteiger partial charge < -0.3 is 20.3 Å². The fraction of sp³-hybridized carbons (Fsp3) is 0.462. The van der Waals surface area contributed by atoms with Crippen molar-refractivity contribution in [2.75, 3.05) is 26.7 Å². The van der Waals surface area contributed by atoms with Crippen LogP contribution in [0.25, 0.3) is 0 Å². The van der Waals surface area contributed by atoms with Gasteiger partial charge in [0, 0.05) is 32.6 Å². The molecule has 1 aliphatic rings. The summed E-state index contributed by atoms with van der Waals surface area (Å²) in [6.07, 6.45) is 2.66. The molecule has 1 aliphatic heterocycles. The van der Waals surface area contributed by atoms with Crippen LogP contribution in [0.2, 0.25) is 0 Å². The summed E-state index contributed by atoms with van der Waals surface area (Å²) in [7, 11) is 1.69. The SMILES string of the molecule is CCNC(=NCc1cccc(CN2CCCC2=O)c1)NCCC(C)c1ccc(OC)cc1. The first-order valence-corrected chi connectivity index (χ1v) is 11.6. The van der Waals surface area contributed by atoms with Gasteiger partial charge in [-0.05, 0) is 54.5 Å². The molecule has 0 radical (unpaired) electrons. The van der Waals surface area contributed by atoms with Crippen molar-refractivity contribution in [1.29, 1.82) is 0 Å². The molecule has 2 aromatic rings. The van der Waals surface area contributed by atoms with E-state index < -0.39 is 0 Å². The lowest BCUT2D eigenvalue weighted by atomic mass is 9.98. The van der Waals surface area contributed by atoms with E-state index in [1.807, 2.05) is 17.0 Å². The number of carbonyl (C=O) groups is 1. The predicted octanol–water partition coefficient (Wildman–Crippen LogP) is 4.07. The summed E-state index contributed by atoms with van der Waals surface area (Å²) in [5.41, 5.74) is 3.63. The lowest BCUT2D eigenvalue weighted by Gasteiger charge is -2.16. The molecule has 0 bridgehead atoms. The fourth-order valence-electron chi connectivity index (χ4n) is 3.94. The summed E-state index contributed by atoms with van der Waals surface area (Å²) in [6, 6.07) is 16.7. The van der Waals surface area contributed by atoms with Gasteiger partial charge in [-0.25, -0.2) is 4.99 Å². The smallest absolute Gasteiger partial charge is 0.222 e. The van der Waals surface area contributed by atoms with Gasteiger partial charge in [-0.15, -0.1) is 0 Å². The van der Waals surface area contributed by atoms with Gasteiger partial charge in [-0.2, -0.15) is 0 Å². The average molecular weight is 437 g/mol. The summed E-state index contributed by atoms with van der Waals surface area (Å²) >= 11 is 0. The number of amides is 1. The van der Waals surface area contributed by atoms with Crippen molar-refractivity contribution in [2.24, 2.45) is 4.99 Å². The second-order valence-corrected chi connectivity index (χ2v) is 8.32. The molecule has 172 valence electrons. The molecule has 3 rings (SSSR count). The predicted molar refractivity (Wildman–Crippen MR) is 130 cm³/mol. The summed E-state index contributed by atoms with van der Waals surface area (Å²) in [5, 5.41) is 6.78. The maximum absolute atomic E-state index is 11.9. The second-order valence-electron chi connectivity index (χ2n) is 8.32. The molecule has 2 N–H and O–H groups in total. The molecular formula is C26H36N4O2. The summed E-state index contributed by atoms with van der Waals surface area (Å²) in [4.78, 5) is 18.6. The van der Waals surface area contributed by atoms with E-state index in [0.29, 0.717) is 25.4 Å². The van der Waals surface area contributed by atoms with Crippen LogP contribution in [-0.2, 0) is 17.9 Å². The fourth-order valence-corrected chi connectivity index (χ4v) is 3.94. The monoisotopic (exact) mass is 436 g/mol. The first-order valence-electron chi connectivity index (χ1n) is 11.6. The average Bonchev–Trinajstić information content (AvgIpc) is 3.22. The van der Waals surface area contributed by atoms with Crippen molar-refractivity contribution in [3.05, 3.63) is 65.2 Å². The van der Waals surface area contributed by atoms with E-state index in [4.69, 9.17) is 9.73 Å². The Balaban J connectivity index is 1.51. The van der Waals surface area contributed by atoms with Crippen LogP contribution in [0.15, 0.2) is 53.5 Å². The minimum absolute atomic E-state index is 0.260. The summed E-state index contributed by atoms with van der Waals surface area (Å²) < 4.78 is 5.24. The van der Waals surface area contributed by atoms with Crippen molar-refractivity contribution in [3.8, 4) is 5.75 Å². The third kappa shape index (κ3) is 7.01. The number of guanidine groups is 1. The van der Waals surface area contributed by atoms with E-state index in [9.17, 15) is 4.79 Å². The molecule has 1 atom stereocenters. The van der Waals surface area contributed by atoms with Crippen LogP contribution in [0.1, 0.15) is 55.7 Å². The van der Waals surface area contributed by atoms with Gasteiger partial charge in [0.2, 0.25) is 5.91 Å². The van der Waals surface area contributed by atoms with Crippen LogP contribution in [-0.4, -0.2) is 43.5 Å². The first kappa shape index (κ1) is 23.6. The second kappa shape index (κ2) is 12.1. The number of methoxy groups -OCH3 is 1. The molecule has 1 fully saturated rings. The molecule has 6 heteroatoms. The van der Waals surface area contributed by atoms with Gasteiger partial charge in [0.25, 0.3) is 0 Å². The van der Waals surface area contributed by atoms with Crippen LogP contribution >= 0.6 is 0 Å². The van der Waals surface area contributed by atoms with E-state index in [2.05, 4.69) is 60.9 Å². The highest BCUT2D eigenvalue weighted by atomic mass is 16.5. The number of nitrogens with zero attached hydrogens (tertiary/aromatic N) is 2. The Labute approximate surface area is 192 Å². The number of benzene rings is 2. The zero-order valence-corrected chi connectivity index (χ0v) is 19.6. The molecule has 2 aromatic carbocycles. The molecule has 1 saturated heterocycles. The Morgan fingerprint density at radius 2 is 1.94 bits per heavy atom. The van der Waals surface area contributed by atoms with Crippen LogP contribution in [0, 0.1) is 0 Å². The minimum Gasteiger partial charge on any atom is -0.497 e. The molecule has 0 saturated carbocycles. The molecule has 0 spiro atoms. The number of rotatable bonds is 10. The van der Waals surface area contributed by atoms with Gasteiger partial charge in [0.15, 0.2) is 5.96 Å². The topological polar surface area (TPSA) is 66.0 Å². The molecule has 1 heterocycles. The third-order valence-electron chi connectivity index (χ3n) is 5.85. The van der Waals surface area contributed by atoms with Gasteiger partial charge in [-0.3, -0.25) is 4.79 Å². The number of hydrogen-bond donors (Lipinski definition) is 2. The van der Waals surface area contributed by atoms with Gasteiger partial charge in [0.1, 0.15) is 5.75 Å². The van der Waals surface area contributed by atoms with Crippen LogP contribution in [0.5, 0.6) is 5.75 Å². The maximum Gasteiger partial charge on any atom is 0.222 e. The van der Waals surface area contributed by atoms with E-state index in [1.54, 1.807) is 7.11 Å². The van der Waals surface area contributed by atoms with E-state index in [-0.39, 0.29) is 5.91 Å². The van der Waals surface area contributed by atoms with Gasteiger partial charge >= 0.3 is 0 Å². The largest absolute Gasteiger partial charge is 0.497 e. The van der Waals surface area contributed by atoms with Crippen molar-refractivity contribution >= 4 is 11.9 Å².